The summed E-state index contributed by atoms with van der Waals surface area (Å²) in [6.07, 6.45) is 1.76. The third-order valence-electron chi connectivity index (χ3n) is 5.65. The van der Waals surface area contributed by atoms with Crippen molar-refractivity contribution in [3.05, 3.63) is 24.3 Å². The highest BCUT2D eigenvalue weighted by Crippen LogP contribution is 2.18. The standard InChI is InChI=1S/C27H45N3O7/c1-4-5-26(32)37-25-10-14-30(15-11-25)27(33)29-13-12-28-18-22(31)20-36-24-8-6-23(7-9-24)35-17-16-34-19-21(2)3/h6-9,21-22,25,28,31H,4-5,10-20H2,1-3H3,(H,29,33). The Morgan fingerprint density at radius 2 is 1.70 bits per heavy atom. The molecule has 1 heterocycles. The van der Waals surface area contributed by atoms with Crippen LogP contribution in [0.1, 0.15) is 46.5 Å². The Morgan fingerprint density at radius 1 is 1.03 bits per heavy atom. The molecule has 0 aromatic heterocycles. The maximum atomic E-state index is 12.3. The van der Waals surface area contributed by atoms with E-state index in [2.05, 4.69) is 24.5 Å². The van der Waals surface area contributed by atoms with Gasteiger partial charge in [-0.2, -0.15) is 0 Å². The van der Waals surface area contributed by atoms with Gasteiger partial charge in [0.25, 0.3) is 0 Å². The molecule has 0 radical (unpaired) electrons. The molecule has 1 unspecified atom stereocenters. The SMILES string of the molecule is CCCC(=O)OC1CCN(C(=O)NCCNCC(O)COc2ccc(OCCOCC(C)C)cc2)CC1. The number of amides is 2. The fourth-order valence-corrected chi connectivity index (χ4v) is 3.68. The lowest BCUT2D eigenvalue weighted by Crippen LogP contribution is -2.47. The van der Waals surface area contributed by atoms with Crippen LogP contribution in [0, 0.1) is 5.92 Å². The average molecular weight is 524 g/mol. The summed E-state index contributed by atoms with van der Waals surface area (Å²) in [6, 6.07) is 7.13. The number of nitrogens with zero attached hydrogens (tertiary/aromatic N) is 1. The number of aliphatic hydroxyl groups is 1. The Labute approximate surface area is 221 Å². The third-order valence-corrected chi connectivity index (χ3v) is 5.65. The van der Waals surface area contributed by atoms with Gasteiger partial charge in [0.1, 0.15) is 36.9 Å². The van der Waals surface area contributed by atoms with Gasteiger partial charge in [0.15, 0.2) is 0 Å². The molecule has 10 heteroatoms. The number of likely N-dealkylation sites (tertiary alicyclic amines) is 1. The van der Waals surface area contributed by atoms with Gasteiger partial charge in [0.05, 0.1) is 6.61 Å². The summed E-state index contributed by atoms with van der Waals surface area (Å²) in [5.41, 5.74) is 0. The second-order valence-electron chi connectivity index (χ2n) is 9.62. The van der Waals surface area contributed by atoms with Crippen LogP contribution in [0.4, 0.5) is 4.79 Å². The van der Waals surface area contributed by atoms with Crippen LogP contribution >= 0.6 is 0 Å². The van der Waals surface area contributed by atoms with Crippen LogP contribution in [0.25, 0.3) is 0 Å². The van der Waals surface area contributed by atoms with Crippen LogP contribution in [-0.2, 0) is 14.3 Å². The van der Waals surface area contributed by atoms with E-state index in [-0.39, 0.29) is 24.7 Å². The molecular formula is C27H45N3O7. The number of nitrogens with one attached hydrogen (secondary N) is 2. The van der Waals surface area contributed by atoms with E-state index in [0.29, 0.717) is 76.9 Å². The molecule has 2 amide bonds. The highest BCUT2D eigenvalue weighted by Gasteiger charge is 2.24. The molecule has 1 aliphatic heterocycles. The van der Waals surface area contributed by atoms with Crippen molar-refractivity contribution in [3.63, 3.8) is 0 Å². The quantitative estimate of drug-likeness (QED) is 0.211. The molecule has 210 valence electrons. The zero-order chi connectivity index (χ0) is 26.9. The smallest absolute Gasteiger partial charge is 0.317 e. The predicted molar refractivity (Wildman–Crippen MR) is 141 cm³/mol. The summed E-state index contributed by atoms with van der Waals surface area (Å²) in [6.45, 7) is 10.5. The van der Waals surface area contributed by atoms with Crippen LogP contribution in [-0.4, -0.2) is 93.4 Å². The minimum absolute atomic E-state index is 0.0979. The van der Waals surface area contributed by atoms with Gasteiger partial charge in [-0.05, 0) is 36.6 Å². The molecule has 2 rings (SSSR count). The molecule has 0 spiro atoms. The van der Waals surface area contributed by atoms with Gasteiger partial charge in [0.2, 0.25) is 0 Å². The summed E-state index contributed by atoms with van der Waals surface area (Å²) in [7, 11) is 0. The van der Waals surface area contributed by atoms with Crippen molar-refractivity contribution in [2.75, 3.05) is 59.2 Å². The highest BCUT2D eigenvalue weighted by atomic mass is 16.5. The lowest BCUT2D eigenvalue weighted by Gasteiger charge is -2.31. The number of ether oxygens (including phenoxy) is 4. The van der Waals surface area contributed by atoms with Crippen molar-refractivity contribution < 1.29 is 33.6 Å². The third kappa shape index (κ3) is 13.5. The zero-order valence-corrected chi connectivity index (χ0v) is 22.6. The summed E-state index contributed by atoms with van der Waals surface area (Å²) >= 11 is 0. The van der Waals surface area contributed by atoms with Gasteiger partial charge in [-0.3, -0.25) is 4.79 Å². The molecular weight excluding hydrogens is 478 g/mol. The number of aliphatic hydroxyl groups excluding tert-OH is 1. The summed E-state index contributed by atoms with van der Waals surface area (Å²) in [5.74, 6) is 1.74. The lowest BCUT2D eigenvalue weighted by atomic mass is 10.1. The van der Waals surface area contributed by atoms with Gasteiger partial charge in [-0.25, -0.2) is 4.79 Å². The first-order valence-electron chi connectivity index (χ1n) is 13.4. The molecule has 1 aliphatic rings. The van der Waals surface area contributed by atoms with Crippen LogP contribution < -0.4 is 20.1 Å². The largest absolute Gasteiger partial charge is 0.491 e. The zero-order valence-electron chi connectivity index (χ0n) is 22.6. The number of piperidine rings is 1. The van der Waals surface area contributed by atoms with Gasteiger partial charge >= 0.3 is 12.0 Å². The molecule has 1 fully saturated rings. The molecule has 1 aromatic carbocycles. The lowest BCUT2D eigenvalue weighted by molar-refractivity contribution is -0.150. The van der Waals surface area contributed by atoms with E-state index in [9.17, 15) is 14.7 Å². The van der Waals surface area contributed by atoms with Gasteiger partial charge in [0, 0.05) is 58.6 Å². The molecule has 0 saturated carbocycles. The first-order valence-corrected chi connectivity index (χ1v) is 13.4. The van der Waals surface area contributed by atoms with Gasteiger partial charge in [-0.1, -0.05) is 20.8 Å². The number of urea groups is 1. The Morgan fingerprint density at radius 3 is 2.35 bits per heavy atom. The molecule has 1 saturated heterocycles. The van der Waals surface area contributed by atoms with Crippen molar-refractivity contribution in [1.29, 1.82) is 0 Å². The Balaban J connectivity index is 1.49. The number of carbonyl (C=O) groups is 2. The fraction of sp³-hybridized carbons (Fsp3) is 0.704. The molecule has 10 nitrogen and oxygen atoms in total. The van der Waals surface area contributed by atoms with Crippen LogP contribution in [0.3, 0.4) is 0 Å². The fourth-order valence-electron chi connectivity index (χ4n) is 3.68. The summed E-state index contributed by atoms with van der Waals surface area (Å²) in [4.78, 5) is 25.7. The van der Waals surface area contributed by atoms with Gasteiger partial charge in [-0.15, -0.1) is 0 Å². The van der Waals surface area contributed by atoms with Crippen molar-refractivity contribution in [3.8, 4) is 11.5 Å². The van der Waals surface area contributed by atoms with Crippen LogP contribution in [0.5, 0.6) is 11.5 Å². The number of carbonyl (C=O) groups excluding carboxylic acids is 2. The van der Waals surface area contributed by atoms with E-state index in [1.165, 1.54) is 0 Å². The predicted octanol–water partition coefficient (Wildman–Crippen LogP) is 2.58. The van der Waals surface area contributed by atoms with E-state index in [1.54, 1.807) is 17.0 Å². The molecule has 37 heavy (non-hydrogen) atoms. The van der Waals surface area contributed by atoms with Crippen molar-refractivity contribution in [2.45, 2.75) is 58.7 Å². The Kier molecular flexibility index (Phi) is 14.8. The molecule has 1 atom stereocenters. The first kappa shape index (κ1) is 30.7. The molecule has 0 bridgehead atoms. The number of esters is 1. The van der Waals surface area contributed by atoms with Gasteiger partial charge < -0.3 is 39.6 Å². The minimum atomic E-state index is -0.681. The van der Waals surface area contributed by atoms with E-state index in [0.717, 1.165) is 18.8 Å². The second kappa shape index (κ2) is 17.8. The Bertz CT molecular complexity index is 768. The second-order valence-corrected chi connectivity index (χ2v) is 9.62. The summed E-state index contributed by atoms with van der Waals surface area (Å²) in [5, 5.41) is 16.1. The van der Waals surface area contributed by atoms with Crippen LogP contribution in [0.15, 0.2) is 24.3 Å². The molecule has 0 aliphatic carbocycles. The number of benzene rings is 1. The number of hydrogen-bond donors (Lipinski definition) is 3. The first-order chi connectivity index (χ1) is 17.9. The van der Waals surface area contributed by atoms with E-state index < -0.39 is 6.10 Å². The molecule has 3 N–H and O–H groups in total. The normalized spacial score (nSPS) is 14.9. The van der Waals surface area contributed by atoms with Crippen LogP contribution in [0.2, 0.25) is 0 Å². The van der Waals surface area contributed by atoms with Crippen molar-refractivity contribution >= 4 is 12.0 Å². The number of rotatable bonds is 17. The molecule has 1 aromatic rings. The minimum Gasteiger partial charge on any atom is -0.491 e. The summed E-state index contributed by atoms with van der Waals surface area (Å²) < 4.78 is 22.2. The highest BCUT2D eigenvalue weighted by molar-refractivity contribution is 5.74. The van der Waals surface area contributed by atoms with Crippen molar-refractivity contribution in [1.82, 2.24) is 15.5 Å². The van der Waals surface area contributed by atoms with E-state index >= 15 is 0 Å². The number of hydrogen-bond acceptors (Lipinski definition) is 8. The maximum absolute atomic E-state index is 12.3. The average Bonchev–Trinajstić information content (AvgIpc) is 2.88. The topological polar surface area (TPSA) is 119 Å². The van der Waals surface area contributed by atoms with E-state index in [4.69, 9.17) is 18.9 Å². The Hall–Kier alpha value is -2.56. The maximum Gasteiger partial charge on any atom is 0.317 e. The van der Waals surface area contributed by atoms with Crippen molar-refractivity contribution in [2.24, 2.45) is 5.92 Å². The monoisotopic (exact) mass is 523 g/mol. The van der Waals surface area contributed by atoms with E-state index in [1.807, 2.05) is 19.1 Å².